The van der Waals surface area contributed by atoms with E-state index in [9.17, 15) is 0 Å². The van der Waals surface area contributed by atoms with E-state index in [1.165, 1.54) is 28.1 Å². The van der Waals surface area contributed by atoms with E-state index in [2.05, 4.69) is 41.0 Å². The molecule has 2 aromatic rings. The molecular formula is C16H18NO. The fraction of sp³-hybridized carbons (Fsp3) is 0.312. The van der Waals surface area contributed by atoms with Crippen LogP contribution in [-0.4, -0.2) is 11.2 Å². The molecule has 2 aliphatic rings. The Morgan fingerprint density at radius 1 is 1.17 bits per heavy atom. The monoisotopic (exact) mass is 240 g/mol. The summed E-state index contributed by atoms with van der Waals surface area (Å²) in [6.45, 7) is 6.55. The third-order valence-corrected chi connectivity index (χ3v) is 3.36. The van der Waals surface area contributed by atoms with Crippen LogP contribution in [0.2, 0.25) is 0 Å². The molecule has 2 heterocycles. The Balaban J connectivity index is 0.000000478. The molecule has 93 valence electrons. The zero-order valence-corrected chi connectivity index (χ0v) is 10.9. The minimum atomic E-state index is 0.747. The number of aromatic nitrogens is 1. The number of rotatable bonds is 1. The Hall–Kier alpha value is -1.54. The van der Waals surface area contributed by atoms with Crippen molar-refractivity contribution in [2.75, 3.05) is 6.61 Å². The van der Waals surface area contributed by atoms with Gasteiger partial charge in [0.05, 0.1) is 24.6 Å². The van der Waals surface area contributed by atoms with Crippen LogP contribution in [0.4, 0.5) is 0 Å². The van der Waals surface area contributed by atoms with Crippen LogP contribution >= 0.6 is 0 Å². The summed E-state index contributed by atoms with van der Waals surface area (Å²) in [7, 11) is 0. The lowest BCUT2D eigenvalue weighted by Gasteiger charge is -2.17. The van der Waals surface area contributed by atoms with Crippen molar-refractivity contribution in [3.63, 3.8) is 0 Å². The number of hydrogen-bond donors (Lipinski definition) is 0. The van der Waals surface area contributed by atoms with Crippen LogP contribution in [0.1, 0.15) is 25.1 Å². The summed E-state index contributed by atoms with van der Waals surface area (Å²) < 4.78 is 7.90. The molecule has 0 atom stereocenters. The molecule has 0 unspecified atom stereocenters. The summed E-state index contributed by atoms with van der Waals surface area (Å²) in [5.74, 6) is 1.37. The number of hydrogen-bond acceptors (Lipinski definition) is 1. The van der Waals surface area contributed by atoms with Crippen molar-refractivity contribution >= 4 is 10.9 Å². The molecule has 1 radical (unpaired) electrons. The van der Waals surface area contributed by atoms with Gasteiger partial charge in [0.1, 0.15) is 0 Å². The zero-order chi connectivity index (χ0) is 12.5. The van der Waals surface area contributed by atoms with E-state index in [1.54, 1.807) is 0 Å². The normalized spacial score (nSPS) is 17.2. The molecule has 18 heavy (non-hydrogen) atoms. The molecule has 0 N–H and O–H groups in total. The van der Waals surface area contributed by atoms with Crippen LogP contribution < -0.4 is 0 Å². The lowest BCUT2D eigenvalue weighted by molar-refractivity contribution is 0.0865. The van der Waals surface area contributed by atoms with Gasteiger partial charge >= 0.3 is 0 Å². The molecule has 4 rings (SSSR count). The first-order chi connectivity index (χ1) is 8.93. The average Bonchev–Trinajstić information content (AvgIpc) is 3.21. The highest BCUT2D eigenvalue weighted by molar-refractivity contribution is 5.88. The van der Waals surface area contributed by atoms with Crippen molar-refractivity contribution in [1.82, 2.24) is 4.57 Å². The molecule has 1 aromatic carbocycles. The Labute approximate surface area is 108 Å². The van der Waals surface area contributed by atoms with Gasteiger partial charge in [0.25, 0.3) is 0 Å². The number of nitrogens with zero attached hydrogens (tertiary/aromatic N) is 1. The number of para-hydroxylation sites is 1. The predicted molar refractivity (Wildman–Crippen MR) is 74.4 cm³/mol. The lowest BCUT2D eigenvalue weighted by Crippen LogP contribution is -2.16. The molecule has 1 aromatic heterocycles. The summed E-state index contributed by atoms with van der Waals surface area (Å²) in [6.07, 6.45) is 4.35. The molecule has 0 amide bonds. The van der Waals surface area contributed by atoms with Crippen LogP contribution in [0.15, 0.2) is 36.4 Å². The van der Waals surface area contributed by atoms with Gasteiger partial charge in [0.15, 0.2) is 0 Å². The number of benzene rings is 1. The molecule has 0 saturated heterocycles. The molecular weight excluding hydrogens is 222 g/mol. The zero-order valence-electron chi connectivity index (χ0n) is 10.9. The van der Waals surface area contributed by atoms with E-state index in [1.807, 2.05) is 13.8 Å². The predicted octanol–water partition coefficient (Wildman–Crippen LogP) is 3.69. The highest BCUT2D eigenvalue weighted by atomic mass is 16.5. The first-order valence-electron chi connectivity index (χ1n) is 6.68. The quantitative estimate of drug-likeness (QED) is 0.741. The number of fused-ring (bicyclic) bond motifs is 3. The fourth-order valence-corrected chi connectivity index (χ4v) is 2.54. The Kier molecular flexibility index (Phi) is 2.96. The van der Waals surface area contributed by atoms with Crippen molar-refractivity contribution in [3.05, 3.63) is 53.6 Å². The third kappa shape index (κ3) is 1.77. The second-order valence-electron chi connectivity index (χ2n) is 4.37. The van der Waals surface area contributed by atoms with Crippen molar-refractivity contribution in [2.24, 2.45) is 0 Å². The first-order valence-corrected chi connectivity index (χ1v) is 6.68. The van der Waals surface area contributed by atoms with Crippen molar-refractivity contribution in [1.29, 1.82) is 0 Å². The number of ether oxygens (including phenoxy) is 1. The average molecular weight is 240 g/mol. The van der Waals surface area contributed by atoms with Crippen LogP contribution in [0.5, 0.6) is 0 Å². The van der Waals surface area contributed by atoms with E-state index < -0.39 is 0 Å². The molecule has 0 spiro atoms. The van der Waals surface area contributed by atoms with E-state index >= 15 is 0 Å². The van der Waals surface area contributed by atoms with E-state index in [0.29, 0.717) is 0 Å². The highest BCUT2D eigenvalue weighted by Gasteiger charge is 2.22. The van der Waals surface area contributed by atoms with E-state index in [-0.39, 0.29) is 0 Å². The maximum Gasteiger partial charge on any atom is 0.0869 e. The van der Waals surface area contributed by atoms with E-state index in [4.69, 9.17) is 4.74 Å². The topological polar surface area (TPSA) is 14.2 Å². The van der Waals surface area contributed by atoms with Crippen LogP contribution in [0.25, 0.3) is 10.9 Å². The summed E-state index contributed by atoms with van der Waals surface area (Å²) in [5.41, 5.74) is 4.04. The Bertz CT molecular complexity index is 588. The Morgan fingerprint density at radius 3 is 2.78 bits per heavy atom. The SMILES string of the molecule is C1=C[C]1c1cccc2cc3n(c12)CCOC3.CC. The minimum Gasteiger partial charge on any atom is -0.373 e. The summed E-state index contributed by atoms with van der Waals surface area (Å²) in [4.78, 5) is 0. The molecule has 2 heteroatoms. The maximum absolute atomic E-state index is 5.50. The number of allylic oxidation sites excluding steroid dienone is 2. The lowest BCUT2D eigenvalue weighted by atomic mass is 10.1. The summed E-state index contributed by atoms with van der Waals surface area (Å²) >= 11 is 0. The molecule has 1 aliphatic carbocycles. The summed E-state index contributed by atoms with van der Waals surface area (Å²) in [5, 5.41) is 1.33. The van der Waals surface area contributed by atoms with Gasteiger partial charge in [-0.1, -0.05) is 44.2 Å². The first kappa shape index (κ1) is 11.5. The van der Waals surface area contributed by atoms with Gasteiger partial charge < -0.3 is 9.30 Å². The van der Waals surface area contributed by atoms with Crippen LogP contribution in [0.3, 0.4) is 0 Å². The van der Waals surface area contributed by atoms with Crippen LogP contribution in [-0.2, 0) is 17.9 Å². The Morgan fingerprint density at radius 2 is 2.00 bits per heavy atom. The standard InChI is InChI=1S/C14H12NO.C2H6/c1-2-11-8-12-9-16-7-6-15(12)14(11)13(3-1)10-4-5-10;1-2/h1-5,8H,6-7,9H2;1-2H3. The molecule has 0 saturated carbocycles. The van der Waals surface area contributed by atoms with Crippen LogP contribution in [0, 0.1) is 5.92 Å². The van der Waals surface area contributed by atoms with Gasteiger partial charge in [-0.05, 0) is 11.6 Å². The molecule has 2 nitrogen and oxygen atoms in total. The van der Waals surface area contributed by atoms with Gasteiger partial charge in [0, 0.05) is 17.6 Å². The third-order valence-electron chi connectivity index (χ3n) is 3.36. The maximum atomic E-state index is 5.50. The minimum absolute atomic E-state index is 0.747. The van der Waals surface area contributed by atoms with Crippen molar-refractivity contribution in [3.8, 4) is 0 Å². The largest absolute Gasteiger partial charge is 0.373 e. The van der Waals surface area contributed by atoms with E-state index in [0.717, 1.165) is 19.8 Å². The smallest absolute Gasteiger partial charge is 0.0869 e. The molecule has 0 bridgehead atoms. The molecule has 1 aliphatic heterocycles. The second kappa shape index (κ2) is 4.62. The fourth-order valence-electron chi connectivity index (χ4n) is 2.54. The second-order valence-corrected chi connectivity index (χ2v) is 4.37. The van der Waals surface area contributed by atoms with Crippen molar-refractivity contribution in [2.45, 2.75) is 27.0 Å². The van der Waals surface area contributed by atoms with Gasteiger partial charge in [-0.2, -0.15) is 0 Å². The summed E-state index contributed by atoms with van der Waals surface area (Å²) in [6, 6.07) is 8.78. The van der Waals surface area contributed by atoms with Gasteiger partial charge in [0.2, 0.25) is 0 Å². The molecule has 0 fully saturated rings. The van der Waals surface area contributed by atoms with Crippen molar-refractivity contribution < 1.29 is 4.74 Å². The van der Waals surface area contributed by atoms with Gasteiger partial charge in [-0.25, -0.2) is 0 Å². The van der Waals surface area contributed by atoms with Gasteiger partial charge in [-0.3, -0.25) is 0 Å². The highest BCUT2D eigenvalue weighted by Crippen LogP contribution is 2.35. The van der Waals surface area contributed by atoms with Gasteiger partial charge in [-0.15, -0.1) is 0 Å².